The van der Waals surface area contributed by atoms with Gasteiger partial charge in [0.05, 0.1) is 0 Å². The molecule has 0 amide bonds. The van der Waals surface area contributed by atoms with Crippen molar-refractivity contribution in [3.63, 3.8) is 0 Å². The average Bonchev–Trinajstić information content (AvgIpc) is 2.22. The summed E-state index contributed by atoms with van der Waals surface area (Å²) in [6, 6.07) is 4.44. The number of aliphatic hydroxyl groups is 1. The van der Waals surface area contributed by atoms with Crippen LogP contribution in [0.5, 0.6) is 0 Å². The molecule has 1 N–H and O–H groups in total. The van der Waals surface area contributed by atoms with Crippen LogP contribution in [-0.4, -0.2) is 17.1 Å². The molecule has 0 atom stereocenters. The summed E-state index contributed by atoms with van der Waals surface area (Å²) in [5.74, 6) is 0. The first-order valence-electron chi connectivity index (χ1n) is 3.87. The van der Waals surface area contributed by atoms with Gasteiger partial charge < -0.3 is 0 Å². The summed E-state index contributed by atoms with van der Waals surface area (Å²) >= 11 is 11.4. The topological polar surface area (TPSA) is 75.7 Å². The molecule has 5 nitrogen and oxygen atoms in total. The van der Waals surface area contributed by atoms with E-state index in [4.69, 9.17) is 28.3 Å². The van der Waals surface area contributed by atoms with Crippen LogP contribution in [0, 0.1) is 22.3 Å². The molecule has 0 saturated carbocycles. The minimum absolute atomic E-state index is 0.0483. The number of hydrogen-bond acceptors (Lipinski definition) is 4. The van der Waals surface area contributed by atoms with Gasteiger partial charge in [-0.25, -0.2) is 0 Å². The summed E-state index contributed by atoms with van der Waals surface area (Å²) < 4.78 is 0. The van der Waals surface area contributed by atoms with Crippen molar-refractivity contribution in [3.05, 3.63) is 32.3 Å². The van der Waals surface area contributed by atoms with Gasteiger partial charge in [0.25, 0.3) is 0 Å². The van der Waals surface area contributed by atoms with Crippen molar-refractivity contribution in [2.24, 2.45) is 4.90 Å². The standard InChI is InChI=1S/C8H3BCl2N2O3/c10-6-4-8(13(15)16)7(11)3-5(6)9-12-1-2-14/h3-4,14H. The monoisotopic (exact) mass is 256 g/mol. The molecule has 0 aliphatic rings. The van der Waals surface area contributed by atoms with Crippen molar-refractivity contribution in [2.75, 3.05) is 0 Å². The van der Waals surface area contributed by atoms with Crippen LogP contribution < -0.4 is 5.46 Å². The van der Waals surface area contributed by atoms with Crippen LogP contribution >= 0.6 is 23.2 Å². The molecule has 0 unspecified atom stereocenters. The average molecular weight is 257 g/mol. The van der Waals surface area contributed by atoms with Crippen molar-refractivity contribution in [1.29, 1.82) is 0 Å². The predicted octanol–water partition coefficient (Wildman–Crippen LogP) is 1.71. The molecule has 0 aliphatic carbocycles. The Balaban J connectivity index is 3.18. The number of hydrogen-bond donors (Lipinski definition) is 1. The molecule has 0 aliphatic heterocycles. The summed E-state index contributed by atoms with van der Waals surface area (Å²) in [5, 5.41) is 18.8. The van der Waals surface area contributed by atoms with Crippen LogP contribution in [0.1, 0.15) is 0 Å². The quantitative estimate of drug-likeness (QED) is 0.379. The van der Waals surface area contributed by atoms with Crippen molar-refractivity contribution >= 4 is 41.4 Å². The van der Waals surface area contributed by atoms with Crippen LogP contribution in [0.3, 0.4) is 0 Å². The van der Waals surface area contributed by atoms with Crippen LogP contribution in [0.15, 0.2) is 17.0 Å². The Bertz CT molecular complexity index is 522. The fourth-order valence-electron chi connectivity index (χ4n) is 0.921. The second-order valence-corrected chi connectivity index (χ2v) is 3.38. The molecule has 80 valence electrons. The number of nitro groups is 1. The fraction of sp³-hybridized carbons (Fsp3) is 0. The van der Waals surface area contributed by atoms with E-state index in [1.807, 2.05) is 6.04 Å². The van der Waals surface area contributed by atoms with E-state index >= 15 is 0 Å². The van der Waals surface area contributed by atoms with Crippen molar-refractivity contribution in [3.8, 4) is 12.2 Å². The normalized spacial score (nSPS) is 9.38. The van der Waals surface area contributed by atoms with Crippen molar-refractivity contribution in [2.45, 2.75) is 0 Å². The van der Waals surface area contributed by atoms with Gasteiger partial charge in [-0.05, 0) is 0 Å². The zero-order valence-electron chi connectivity index (χ0n) is 7.65. The maximum absolute atomic E-state index is 10.5. The Kier molecular flexibility index (Phi) is 4.29. The SMILES string of the molecule is O=[N+]([O-])c1cc(Cl)c(/B=N/C#CO)cc1Cl. The van der Waals surface area contributed by atoms with E-state index in [0.717, 1.165) is 6.07 Å². The molecule has 0 aromatic heterocycles. The van der Waals surface area contributed by atoms with E-state index in [1.54, 1.807) is 6.11 Å². The molecule has 0 spiro atoms. The molecule has 0 radical (unpaired) electrons. The number of nitrogens with zero attached hydrogens (tertiary/aromatic N) is 2. The Morgan fingerprint density at radius 3 is 2.69 bits per heavy atom. The van der Waals surface area contributed by atoms with E-state index in [9.17, 15) is 10.1 Å². The van der Waals surface area contributed by atoms with Gasteiger partial charge in [0.2, 0.25) is 0 Å². The second kappa shape index (κ2) is 5.49. The van der Waals surface area contributed by atoms with Gasteiger partial charge >= 0.3 is 101 Å². The van der Waals surface area contributed by atoms with Crippen molar-refractivity contribution < 1.29 is 10.0 Å². The Morgan fingerprint density at radius 2 is 2.12 bits per heavy atom. The van der Waals surface area contributed by atoms with Gasteiger partial charge in [-0.3, -0.25) is 0 Å². The molecule has 1 aromatic carbocycles. The van der Waals surface area contributed by atoms with Gasteiger partial charge in [0, 0.05) is 0 Å². The Morgan fingerprint density at radius 1 is 1.44 bits per heavy atom. The van der Waals surface area contributed by atoms with Crippen LogP contribution in [-0.2, 0) is 0 Å². The van der Waals surface area contributed by atoms with E-state index in [2.05, 4.69) is 4.90 Å². The molecular formula is C8H3BCl2N2O3. The third-order valence-electron chi connectivity index (χ3n) is 1.58. The first-order chi connectivity index (χ1) is 7.56. The molecule has 1 aromatic rings. The summed E-state index contributed by atoms with van der Waals surface area (Å²) in [7, 11) is 1.24. The predicted molar refractivity (Wildman–Crippen MR) is 60.6 cm³/mol. The zero-order valence-corrected chi connectivity index (χ0v) is 9.16. The Hall–Kier alpha value is -1.58. The van der Waals surface area contributed by atoms with E-state index in [1.165, 1.54) is 13.1 Å². The third kappa shape index (κ3) is 2.96. The summed E-state index contributed by atoms with van der Waals surface area (Å²) in [4.78, 5) is 13.4. The molecular weight excluding hydrogens is 254 g/mol. The zero-order chi connectivity index (χ0) is 12.1. The minimum atomic E-state index is -0.636. The second-order valence-electron chi connectivity index (χ2n) is 2.56. The van der Waals surface area contributed by atoms with E-state index in [0.29, 0.717) is 5.46 Å². The molecule has 1 rings (SSSR count). The first-order valence-corrected chi connectivity index (χ1v) is 4.62. The molecule has 16 heavy (non-hydrogen) atoms. The number of rotatable bonds is 2. The first kappa shape index (κ1) is 12.5. The number of aliphatic hydroxyl groups excluding tert-OH is 1. The molecule has 0 saturated heterocycles. The molecule has 0 heterocycles. The third-order valence-corrected chi connectivity index (χ3v) is 2.21. The summed E-state index contributed by atoms with van der Waals surface area (Å²) in [5.41, 5.74) is 0.0945. The summed E-state index contributed by atoms with van der Waals surface area (Å²) in [6.45, 7) is 0. The summed E-state index contributed by atoms with van der Waals surface area (Å²) in [6.07, 6.45) is 1.57. The molecule has 0 fully saturated rings. The maximum atomic E-state index is 10.5. The fourth-order valence-corrected chi connectivity index (χ4v) is 1.37. The van der Waals surface area contributed by atoms with E-state index in [-0.39, 0.29) is 15.7 Å². The van der Waals surface area contributed by atoms with Crippen LogP contribution in [0.4, 0.5) is 5.69 Å². The molecule has 0 bridgehead atoms. The number of halogens is 2. The van der Waals surface area contributed by atoms with Crippen LogP contribution in [0.25, 0.3) is 0 Å². The van der Waals surface area contributed by atoms with Gasteiger partial charge in [0.1, 0.15) is 0 Å². The van der Waals surface area contributed by atoms with Gasteiger partial charge in [-0.1, -0.05) is 0 Å². The van der Waals surface area contributed by atoms with Crippen molar-refractivity contribution in [1.82, 2.24) is 0 Å². The van der Waals surface area contributed by atoms with E-state index < -0.39 is 4.92 Å². The Labute approximate surface area is 101 Å². The van der Waals surface area contributed by atoms with Gasteiger partial charge in [-0.2, -0.15) is 0 Å². The number of benzene rings is 1. The number of nitro benzene ring substituents is 1. The van der Waals surface area contributed by atoms with Gasteiger partial charge in [-0.15, -0.1) is 0 Å². The molecule has 8 heteroatoms. The van der Waals surface area contributed by atoms with Crippen LogP contribution in [0.2, 0.25) is 10.0 Å². The van der Waals surface area contributed by atoms with Gasteiger partial charge in [0.15, 0.2) is 0 Å².